The number of aromatic nitrogens is 4. The molecule has 3 aromatic heterocycles. The Morgan fingerprint density at radius 1 is 1.21 bits per heavy atom. The summed E-state index contributed by atoms with van der Waals surface area (Å²) < 4.78 is 40.0. The Balaban J connectivity index is 1.26. The number of fused-ring (bicyclic) bond motifs is 2. The van der Waals surface area contributed by atoms with Crippen molar-refractivity contribution in [2.45, 2.75) is 44.5 Å². The first-order valence-electron chi connectivity index (χ1n) is 12.5. The molecular formula is C24H26N5O12P. The number of ether oxygens (including phenoxy) is 2. The zero-order valence-electron chi connectivity index (χ0n) is 22.1. The number of rotatable bonds is 10. The van der Waals surface area contributed by atoms with Crippen LogP contribution >= 0.6 is 7.82 Å². The van der Waals surface area contributed by atoms with Gasteiger partial charge in [0.15, 0.2) is 22.8 Å². The Bertz CT molecular complexity index is 1800. The Morgan fingerprint density at radius 3 is 2.74 bits per heavy atom. The fourth-order valence-corrected chi connectivity index (χ4v) is 4.92. The van der Waals surface area contributed by atoms with Crippen LogP contribution in [0, 0.1) is 0 Å². The molecule has 17 nitrogen and oxygen atoms in total. The third-order valence-corrected chi connectivity index (χ3v) is 7.31. The van der Waals surface area contributed by atoms with Crippen molar-refractivity contribution in [1.82, 2.24) is 19.5 Å². The smallest absolute Gasteiger partial charge is 0.472 e. The summed E-state index contributed by atoms with van der Waals surface area (Å²) in [6.45, 7) is 0.311. The number of hydrogen-bond donors (Lipinski definition) is 5. The first-order chi connectivity index (χ1) is 20.0. The molecular weight excluding hydrogens is 581 g/mol. The van der Waals surface area contributed by atoms with Crippen molar-refractivity contribution in [1.29, 1.82) is 0 Å². The summed E-state index contributed by atoms with van der Waals surface area (Å²) in [7, 11) is -3.33. The van der Waals surface area contributed by atoms with Gasteiger partial charge in [0.1, 0.15) is 42.0 Å². The Morgan fingerprint density at radius 2 is 2.00 bits per heavy atom. The molecule has 1 unspecified atom stereocenters. The second kappa shape index (κ2) is 11.7. The summed E-state index contributed by atoms with van der Waals surface area (Å²) in [5.74, 6) is -0.193. The molecule has 0 saturated carbocycles. The number of aliphatic hydroxyl groups excluding tert-OH is 2. The fourth-order valence-electron chi connectivity index (χ4n) is 4.22. The van der Waals surface area contributed by atoms with Crippen LogP contribution in [0.2, 0.25) is 0 Å². The molecule has 0 radical (unpaired) electrons. The van der Waals surface area contributed by atoms with Crippen molar-refractivity contribution in [3.63, 3.8) is 0 Å². The number of H-pyrrole nitrogens is 1. The molecule has 1 aliphatic rings. The molecule has 18 heteroatoms. The molecule has 4 aromatic rings. The lowest BCUT2D eigenvalue weighted by Gasteiger charge is -2.17. The number of benzene rings is 1. The number of amides is 1. The standard InChI is InChI=1S/C24H26N5O12P/c1-3-17(31)26-24-27-21-18(22(34)28-24)25-10-29(21)23-20(33)19(32)16(41-23)9-39-42(35,36)38-8-12-6-14(30)13-5-4-11(37-2)7-15(13)40-12/h4-7,10,16,19-20,23,32-33H,3,8-9H2,1-2H3,(H,35,36)(H2,26,27,28,31,34)/t16-,19-,20-,23-/m1/s1. The van der Waals surface area contributed by atoms with Gasteiger partial charge in [0.25, 0.3) is 5.56 Å². The number of anilines is 1. The summed E-state index contributed by atoms with van der Waals surface area (Å²) in [5, 5.41) is 23.9. The predicted molar refractivity (Wildman–Crippen MR) is 143 cm³/mol. The van der Waals surface area contributed by atoms with Gasteiger partial charge in [-0.3, -0.25) is 38.3 Å². The molecule has 0 aliphatic carbocycles. The van der Waals surface area contributed by atoms with Crippen molar-refractivity contribution in [2.75, 3.05) is 19.0 Å². The van der Waals surface area contributed by atoms with Gasteiger partial charge < -0.3 is 29.0 Å². The molecule has 4 heterocycles. The normalized spacial score (nSPS) is 21.9. The van der Waals surface area contributed by atoms with Crippen LogP contribution in [0.5, 0.6) is 5.75 Å². The van der Waals surface area contributed by atoms with Crippen LogP contribution in [-0.2, 0) is 29.8 Å². The molecule has 42 heavy (non-hydrogen) atoms. The van der Waals surface area contributed by atoms with E-state index in [0.29, 0.717) is 5.75 Å². The molecule has 5 atom stereocenters. The fraction of sp³-hybridized carbons (Fsp3) is 0.375. The lowest BCUT2D eigenvalue weighted by molar-refractivity contribution is -0.115. The second-order valence-electron chi connectivity index (χ2n) is 9.16. The summed E-state index contributed by atoms with van der Waals surface area (Å²) in [6, 6.07) is 5.69. The minimum Gasteiger partial charge on any atom is -0.497 e. The number of methoxy groups -OCH3 is 1. The van der Waals surface area contributed by atoms with Gasteiger partial charge in [-0.15, -0.1) is 0 Å². The first kappa shape index (κ1) is 29.5. The summed E-state index contributed by atoms with van der Waals surface area (Å²) in [5.41, 5.74) is -1.08. The van der Waals surface area contributed by atoms with Crippen molar-refractivity contribution >= 4 is 41.8 Å². The van der Waals surface area contributed by atoms with E-state index in [1.54, 1.807) is 13.0 Å². The minimum atomic E-state index is -4.77. The van der Waals surface area contributed by atoms with Gasteiger partial charge in [-0.1, -0.05) is 6.92 Å². The van der Waals surface area contributed by atoms with Crippen LogP contribution in [0.3, 0.4) is 0 Å². The van der Waals surface area contributed by atoms with Gasteiger partial charge in [-0.2, -0.15) is 4.98 Å². The molecule has 1 aliphatic heterocycles. The Kier molecular flexibility index (Phi) is 8.25. The van der Waals surface area contributed by atoms with E-state index in [4.69, 9.17) is 22.9 Å². The number of imidazole rings is 1. The maximum atomic E-state index is 12.5. The lowest BCUT2D eigenvalue weighted by Crippen LogP contribution is -2.33. The SMILES string of the molecule is CCC(=O)Nc1nc2c(ncn2[C@@H]2O[C@H](COP(=O)(O)OCc3cc(=O)c4ccc(OC)cc4o3)[C@@H](O)[C@H]2O)c(=O)[nH]1. The summed E-state index contributed by atoms with van der Waals surface area (Å²) >= 11 is 0. The zero-order valence-corrected chi connectivity index (χ0v) is 23.0. The molecule has 5 N–H and O–H groups in total. The van der Waals surface area contributed by atoms with E-state index < -0.39 is 62.5 Å². The third-order valence-electron chi connectivity index (χ3n) is 6.38. The summed E-state index contributed by atoms with van der Waals surface area (Å²) in [6.07, 6.45) is -4.56. The zero-order chi connectivity index (χ0) is 30.2. The Labute approximate surface area is 235 Å². The average molecular weight is 607 g/mol. The topological polar surface area (TPSA) is 238 Å². The number of carbonyl (C=O) groups excluding carboxylic acids is 1. The van der Waals surface area contributed by atoms with Gasteiger partial charge in [0.2, 0.25) is 11.9 Å². The lowest BCUT2D eigenvalue weighted by atomic mass is 10.1. The Hall–Kier alpha value is -3.96. The average Bonchev–Trinajstić information content (AvgIpc) is 3.51. The van der Waals surface area contributed by atoms with Crippen LogP contribution in [0.4, 0.5) is 5.95 Å². The highest BCUT2D eigenvalue weighted by Crippen LogP contribution is 2.45. The van der Waals surface area contributed by atoms with Gasteiger partial charge in [-0.05, 0) is 12.1 Å². The molecule has 1 saturated heterocycles. The predicted octanol–water partition coefficient (Wildman–Crippen LogP) is 0.536. The summed E-state index contributed by atoms with van der Waals surface area (Å²) in [4.78, 5) is 57.2. The molecule has 5 rings (SSSR count). The van der Waals surface area contributed by atoms with Crippen LogP contribution < -0.4 is 21.0 Å². The maximum absolute atomic E-state index is 12.5. The minimum absolute atomic E-state index is 0.0600. The quantitative estimate of drug-likeness (QED) is 0.155. The second-order valence-corrected chi connectivity index (χ2v) is 10.6. The van der Waals surface area contributed by atoms with Crippen molar-refractivity contribution < 1.29 is 47.4 Å². The number of aliphatic hydroxyl groups is 2. The monoisotopic (exact) mass is 607 g/mol. The molecule has 1 aromatic carbocycles. The van der Waals surface area contributed by atoms with E-state index in [0.717, 1.165) is 12.4 Å². The van der Waals surface area contributed by atoms with Crippen LogP contribution in [0.25, 0.3) is 22.1 Å². The number of carbonyl (C=O) groups is 1. The number of hydrogen-bond acceptors (Lipinski definition) is 13. The number of nitrogens with zero attached hydrogens (tertiary/aromatic N) is 3. The van der Waals surface area contributed by atoms with E-state index in [-0.39, 0.29) is 40.3 Å². The van der Waals surface area contributed by atoms with Gasteiger partial charge in [-0.25, -0.2) is 9.55 Å². The van der Waals surface area contributed by atoms with Crippen LogP contribution in [0.15, 0.2) is 44.6 Å². The van der Waals surface area contributed by atoms with Crippen LogP contribution in [0.1, 0.15) is 25.3 Å². The number of nitrogens with one attached hydrogen (secondary N) is 2. The van der Waals surface area contributed by atoms with Crippen molar-refractivity contribution in [3.05, 3.63) is 56.9 Å². The molecule has 1 fully saturated rings. The van der Waals surface area contributed by atoms with E-state index in [1.807, 2.05) is 0 Å². The highest BCUT2D eigenvalue weighted by atomic mass is 31.2. The van der Waals surface area contributed by atoms with E-state index in [1.165, 1.54) is 23.8 Å². The number of aromatic amines is 1. The number of phosphoric acid groups is 1. The van der Waals surface area contributed by atoms with E-state index in [9.17, 15) is 34.1 Å². The molecule has 0 bridgehead atoms. The third kappa shape index (κ3) is 5.98. The molecule has 224 valence electrons. The van der Waals surface area contributed by atoms with Gasteiger partial charge >= 0.3 is 7.82 Å². The van der Waals surface area contributed by atoms with Gasteiger partial charge in [0.05, 0.1) is 25.4 Å². The highest BCUT2D eigenvalue weighted by Gasteiger charge is 2.45. The van der Waals surface area contributed by atoms with E-state index in [2.05, 4.69) is 20.3 Å². The number of phosphoric ester groups is 1. The van der Waals surface area contributed by atoms with Gasteiger partial charge in [0, 0.05) is 18.6 Å². The molecule has 1 amide bonds. The van der Waals surface area contributed by atoms with Crippen molar-refractivity contribution in [3.8, 4) is 5.75 Å². The molecule has 0 spiro atoms. The highest BCUT2D eigenvalue weighted by molar-refractivity contribution is 7.47. The largest absolute Gasteiger partial charge is 0.497 e. The van der Waals surface area contributed by atoms with E-state index >= 15 is 0 Å². The maximum Gasteiger partial charge on any atom is 0.472 e. The van der Waals surface area contributed by atoms with Crippen LogP contribution in [-0.4, -0.2) is 72.6 Å². The van der Waals surface area contributed by atoms with Crippen molar-refractivity contribution in [2.24, 2.45) is 0 Å². The first-order valence-corrected chi connectivity index (χ1v) is 14.0.